The first-order valence-corrected chi connectivity index (χ1v) is 27.4. The summed E-state index contributed by atoms with van der Waals surface area (Å²) in [6, 6.07) is 90.4. The zero-order valence-electron chi connectivity index (χ0n) is 36.0. The molecule has 0 unspecified atom stereocenters. The van der Waals surface area contributed by atoms with Crippen LogP contribution in [0.1, 0.15) is 0 Å². The van der Waals surface area contributed by atoms with Crippen LogP contribution in [-0.2, 0) is 14.4 Å². The van der Waals surface area contributed by atoms with Gasteiger partial charge in [0.15, 0.2) is 0 Å². The average Bonchev–Trinajstić information content (AvgIpc) is 3.40. The molecule has 1 aliphatic rings. The van der Waals surface area contributed by atoms with E-state index in [-0.39, 0.29) is 15.9 Å². The molecule has 0 atom stereocenters. The summed E-state index contributed by atoms with van der Waals surface area (Å²) < 4.78 is 0. The van der Waals surface area contributed by atoms with Crippen LogP contribution in [0, 0.1) is 0 Å². The fraction of sp³-hybridized carbons (Fsp3) is 0. The van der Waals surface area contributed by atoms with E-state index in [1.165, 1.54) is 0 Å². The highest BCUT2D eigenvalue weighted by Gasteiger charge is 2.53. The molecule has 10 rings (SSSR count). The second-order valence-corrected chi connectivity index (χ2v) is 26.1. The van der Waals surface area contributed by atoms with Crippen molar-refractivity contribution in [1.29, 1.82) is 0 Å². The van der Waals surface area contributed by atoms with Gasteiger partial charge in [0, 0.05) is 0 Å². The van der Waals surface area contributed by atoms with E-state index in [1.807, 2.05) is 164 Å². The van der Waals surface area contributed by atoms with E-state index in [9.17, 15) is 0 Å². The van der Waals surface area contributed by atoms with E-state index < -0.39 is 38.0 Å². The number of carbonyl (C=O) groups excluding carboxylic acids is 3. The Kier molecular flexibility index (Phi) is 11.9. The van der Waals surface area contributed by atoms with Gasteiger partial charge in [0.05, 0.1) is 15.9 Å². The summed E-state index contributed by atoms with van der Waals surface area (Å²) >= 11 is 0. The molecule has 66 heavy (non-hydrogen) atoms. The second-order valence-electron chi connectivity index (χ2n) is 16.1. The number of ketones is 3. The van der Waals surface area contributed by atoms with E-state index in [0.717, 1.165) is 47.7 Å². The number of benzene rings is 9. The van der Waals surface area contributed by atoms with E-state index in [0.29, 0.717) is 0 Å². The van der Waals surface area contributed by atoms with Crippen LogP contribution in [0.4, 0.5) is 0 Å². The summed E-state index contributed by atoms with van der Waals surface area (Å²) in [5, 5.41) is 8.01. The summed E-state index contributed by atoms with van der Waals surface area (Å²) in [5.74, 6) is -1.51. The molecular formula is C60H45O3P3. The smallest absolute Gasteiger partial charge is 0.203 e. The SMILES string of the molecule is O=C1C(=P(c2ccccc2)(c2ccccc2)c2ccccc2)C(=O)C(=P(c2ccccc2)(c2ccccc2)c2ccccc2)C(=O)C1=P(c1ccccc1)(c1ccccc1)c1ccccc1. The van der Waals surface area contributed by atoms with Crippen LogP contribution in [0.25, 0.3) is 0 Å². The summed E-state index contributed by atoms with van der Waals surface area (Å²) in [5.41, 5.74) is 0. The summed E-state index contributed by atoms with van der Waals surface area (Å²) in [7, 11) is 0. The fourth-order valence-corrected chi connectivity index (χ4v) is 23.3. The van der Waals surface area contributed by atoms with E-state index in [4.69, 9.17) is 0 Å². The van der Waals surface area contributed by atoms with Crippen molar-refractivity contribution in [3.05, 3.63) is 273 Å². The molecule has 318 valence electrons. The maximum atomic E-state index is 17.3. The lowest BCUT2D eigenvalue weighted by Gasteiger charge is -2.40. The maximum Gasteiger partial charge on any atom is 0.203 e. The van der Waals surface area contributed by atoms with Crippen molar-refractivity contribution in [3.8, 4) is 0 Å². The highest BCUT2D eigenvalue weighted by atomic mass is 31.2. The minimum atomic E-state index is -3.47. The van der Waals surface area contributed by atoms with Crippen LogP contribution in [-0.4, -0.2) is 33.2 Å². The zero-order chi connectivity index (χ0) is 45.0. The van der Waals surface area contributed by atoms with Gasteiger partial charge in [0.1, 0.15) is 0 Å². The Morgan fingerprint density at radius 1 is 0.167 bits per heavy atom. The molecule has 0 saturated heterocycles. The van der Waals surface area contributed by atoms with Crippen LogP contribution in [0.3, 0.4) is 0 Å². The van der Waals surface area contributed by atoms with Gasteiger partial charge in [0.25, 0.3) is 0 Å². The standard InChI is InChI=1S/C60H45O3P3/c61-55-58(64(46-28-10-1-11-29-46,47-30-12-2-13-31-47)48-32-14-3-15-33-48)56(62)60(66(52-40-22-7-23-41-52,53-42-24-8-25-43-53)54-44-26-9-27-45-54)57(63)59(55)65(49-34-16-4-17-35-49,50-36-18-5-19-37-50)51-38-20-6-21-39-51/h1-45H. The predicted molar refractivity (Wildman–Crippen MR) is 285 cm³/mol. The van der Waals surface area contributed by atoms with Crippen LogP contribution in [0.2, 0.25) is 0 Å². The first kappa shape index (κ1) is 42.8. The Balaban J connectivity index is 1.61. The van der Waals surface area contributed by atoms with Crippen molar-refractivity contribution in [2.75, 3.05) is 0 Å². The van der Waals surface area contributed by atoms with Gasteiger partial charge >= 0.3 is 0 Å². The van der Waals surface area contributed by atoms with Crippen molar-refractivity contribution in [2.45, 2.75) is 0 Å². The lowest BCUT2D eigenvalue weighted by molar-refractivity contribution is -0.114. The van der Waals surface area contributed by atoms with Gasteiger partial charge in [-0.1, -0.05) is 273 Å². The van der Waals surface area contributed by atoms with Crippen LogP contribution in [0.15, 0.2) is 273 Å². The van der Waals surface area contributed by atoms with Gasteiger partial charge in [0.2, 0.25) is 17.3 Å². The maximum absolute atomic E-state index is 17.3. The van der Waals surface area contributed by atoms with E-state index in [1.54, 1.807) is 0 Å². The van der Waals surface area contributed by atoms with E-state index >= 15 is 14.4 Å². The van der Waals surface area contributed by atoms with E-state index in [2.05, 4.69) is 109 Å². The van der Waals surface area contributed by atoms with Gasteiger partial charge in [-0.25, -0.2) is 0 Å². The molecule has 0 bridgehead atoms. The van der Waals surface area contributed by atoms with Gasteiger partial charge in [-0.3, -0.25) is 14.4 Å². The average molecular weight is 907 g/mol. The number of hydrogen-bond donors (Lipinski definition) is 0. The molecule has 0 N–H and O–H groups in total. The Morgan fingerprint density at radius 2 is 0.273 bits per heavy atom. The molecule has 0 radical (unpaired) electrons. The zero-order valence-corrected chi connectivity index (χ0v) is 38.7. The molecule has 9 aromatic rings. The van der Waals surface area contributed by atoms with Gasteiger partial charge < -0.3 is 0 Å². The largest absolute Gasteiger partial charge is 0.288 e. The predicted octanol–water partition coefficient (Wildman–Crippen LogP) is 8.21. The topological polar surface area (TPSA) is 51.2 Å². The number of hydrogen-bond acceptors (Lipinski definition) is 3. The highest BCUT2D eigenvalue weighted by Crippen LogP contribution is 2.55. The van der Waals surface area contributed by atoms with Crippen molar-refractivity contribution in [3.63, 3.8) is 0 Å². The fourth-order valence-electron chi connectivity index (χ4n) is 9.93. The van der Waals surface area contributed by atoms with Gasteiger partial charge in [-0.05, 0) is 68.4 Å². The lowest BCUT2D eigenvalue weighted by atomic mass is 9.96. The summed E-state index contributed by atoms with van der Waals surface area (Å²) in [4.78, 5) is 51.9. The normalized spacial score (nSPS) is 13.5. The molecule has 1 aliphatic carbocycles. The summed E-state index contributed by atoms with van der Waals surface area (Å²) in [6.07, 6.45) is 0. The minimum Gasteiger partial charge on any atom is -0.288 e. The molecule has 0 spiro atoms. The third-order valence-corrected chi connectivity index (χ3v) is 25.5. The van der Waals surface area contributed by atoms with Crippen molar-refractivity contribution < 1.29 is 14.4 Å². The third kappa shape index (κ3) is 6.87. The Hall–Kier alpha value is -7.11. The second kappa shape index (κ2) is 18.4. The lowest BCUT2D eigenvalue weighted by Crippen LogP contribution is -2.56. The van der Waals surface area contributed by atoms with Crippen LogP contribution >= 0.6 is 20.7 Å². The Morgan fingerprint density at radius 3 is 0.379 bits per heavy atom. The molecule has 0 aromatic heterocycles. The monoisotopic (exact) mass is 906 g/mol. The molecule has 9 aromatic carbocycles. The van der Waals surface area contributed by atoms with Gasteiger partial charge in [-0.2, -0.15) is 0 Å². The molecule has 1 fully saturated rings. The quantitative estimate of drug-likeness (QED) is 0.137. The molecule has 3 nitrogen and oxygen atoms in total. The first-order valence-electron chi connectivity index (χ1n) is 22.0. The van der Waals surface area contributed by atoms with Crippen LogP contribution < -0.4 is 47.7 Å². The first-order chi connectivity index (χ1) is 32.5. The summed E-state index contributed by atoms with van der Waals surface area (Å²) in [6.45, 7) is -10.4. The molecule has 6 heteroatoms. The van der Waals surface area contributed by atoms with Crippen molar-refractivity contribution in [2.24, 2.45) is 0 Å². The highest BCUT2D eigenvalue weighted by molar-refractivity contribution is 8.04. The molecule has 0 heterocycles. The van der Waals surface area contributed by atoms with Gasteiger partial charge in [-0.15, -0.1) is 0 Å². The molecule has 1 saturated carbocycles. The van der Waals surface area contributed by atoms with Crippen LogP contribution in [0.5, 0.6) is 0 Å². The molecule has 0 amide bonds. The van der Waals surface area contributed by atoms with Crippen molar-refractivity contribution in [1.82, 2.24) is 0 Å². The molecular weight excluding hydrogens is 862 g/mol. The Labute approximate surface area is 387 Å². The number of carbonyl (C=O) groups is 3. The third-order valence-electron chi connectivity index (χ3n) is 12.6. The Bertz CT molecular complexity index is 2680. The molecule has 0 aliphatic heterocycles. The van der Waals surface area contributed by atoms with Crippen molar-refractivity contribution >= 4 is 102 Å². The minimum absolute atomic E-state index is 0.134. The number of Topliss-reactive ketones (excluding diaryl/α,β-unsaturated/α-hetero) is 3. The number of rotatable bonds is 9.